The van der Waals surface area contributed by atoms with Crippen molar-refractivity contribution in [1.82, 2.24) is 0 Å². The van der Waals surface area contributed by atoms with Crippen molar-refractivity contribution in [3.8, 4) is 0 Å². The minimum atomic E-state index is 0.429. The Morgan fingerprint density at radius 2 is 2.33 bits per heavy atom. The van der Waals surface area contributed by atoms with Gasteiger partial charge in [0, 0.05) is 9.52 Å². The highest BCUT2D eigenvalue weighted by molar-refractivity contribution is 6.33. The molecule has 0 atom stereocenters. The first-order valence-corrected chi connectivity index (χ1v) is 5.35. The Morgan fingerprint density at radius 3 is 2.50 bits per heavy atom. The zero-order chi connectivity index (χ0) is 4.41. The van der Waals surface area contributed by atoms with E-state index in [9.17, 15) is 0 Å². The molecule has 0 heterocycles. The summed E-state index contributed by atoms with van der Waals surface area (Å²) in [6.45, 7) is 2.40. The normalized spacial score (nSPS) is 23.5. The summed E-state index contributed by atoms with van der Waals surface area (Å²) in [6.07, 6.45) is 3.11. The number of hydrogen-bond acceptors (Lipinski definition) is 0. The van der Waals surface area contributed by atoms with E-state index in [-0.39, 0.29) is 0 Å². The van der Waals surface area contributed by atoms with Crippen LogP contribution in [0.1, 0.15) is 12.8 Å². The summed E-state index contributed by atoms with van der Waals surface area (Å²) in [6, 6.07) is 1.62. The van der Waals surface area contributed by atoms with Crippen molar-refractivity contribution in [3.05, 3.63) is 0 Å². The molecule has 1 aliphatic carbocycles. The molecule has 1 heteroatoms. The van der Waals surface area contributed by atoms with Gasteiger partial charge in [-0.05, 0) is 5.92 Å². The lowest BCUT2D eigenvalue weighted by Crippen LogP contribution is -1.79. The van der Waals surface area contributed by atoms with E-state index in [1.54, 1.807) is 18.9 Å². The van der Waals surface area contributed by atoms with Gasteiger partial charge in [-0.3, -0.25) is 0 Å². The monoisotopic (exact) mass is 100 g/mol. The van der Waals surface area contributed by atoms with Crippen molar-refractivity contribution >= 4 is 9.52 Å². The fourth-order valence-corrected chi connectivity index (χ4v) is 2.21. The van der Waals surface area contributed by atoms with E-state index >= 15 is 0 Å². The lowest BCUT2D eigenvalue weighted by molar-refractivity contribution is 0.971. The van der Waals surface area contributed by atoms with Crippen molar-refractivity contribution in [2.45, 2.75) is 25.4 Å². The molecule has 1 fully saturated rings. The highest BCUT2D eigenvalue weighted by Crippen LogP contribution is 2.32. The second-order valence-corrected chi connectivity index (χ2v) is 3.81. The molecule has 0 spiro atoms. The lowest BCUT2D eigenvalue weighted by Gasteiger charge is -1.81. The van der Waals surface area contributed by atoms with E-state index in [1.807, 2.05) is 0 Å². The summed E-state index contributed by atoms with van der Waals surface area (Å²) in [7, 11) is 0.429. The van der Waals surface area contributed by atoms with E-state index in [0.717, 1.165) is 0 Å². The van der Waals surface area contributed by atoms with Gasteiger partial charge in [0.2, 0.25) is 0 Å². The van der Waals surface area contributed by atoms with Crippen LogP contribution in [0.4, 0.5) is 0 Å². The minimum Gasteiger partial charge on any atom is -0.0748 e. The molecule has 1 aliphatic rings. The molecule has 0 bridgehead atoms. The molecule has 1 rings (SSSR count). The lowest BCUT2D eigenvalue weighted by atomic mass is 10.5. The maximum absolute atomic E-state index is 2.40. The Morgan fingerprint density at radius 1 is 1.67 bits per heavy atom. The van der Waals surface area contributed by atoms with Crippen LogP contribution in [0.15, 0.2) is 0 Å². The summed E-state index contributed by atoms with van der Waals surface area (Å²) in [4.78, 5) is 0. The van der Waals surface area contributed by atoms with Crippen LogP contribution < -0.4 is 0 Å². The molecule has 0 aromatic carbocycles. The molecule has 0 nitrogen and oxygen atoms in total. The predicted molar refractivity (Wildman–Crippen MR) is 31.9 cm³/mol. The van der Waals surface area contributed by atoms with Gasteiger partial charge >= 0.3 is 0 Å². The van der Waals surface area contributed by atoms with E-state index < -0.39 is 0 Å². The highest BCUT2D eigenvalue weighted by atomic mass is 28.2. The van der Waals surface area contributed by atoms with Crippen LogP contribution in [-0.2, 0) is 0 Å². The first-order valence-electron chi connectivity index (χ1n) is 2.93. The van der Waals surface area contributed by atoms with Crippen molar-refractivity contribution in [3.63, 3.8) is 0 Å². The van der Waals surface area contributed by atoms with Gasteiger partial charge in [-0.25, -0.2) is 0 Å². The topological polar surface area (TPSA) is 0 Å². The van der Waals surface area contributed by atoms with Gasteiger partial charge in [-0.2, -0.15) is 0 Å². The van der Waals surface area contributed by atoms with E-state index in [4.69, 9.17) is 0 Å². The van der Waals surface area contributed by atoms with Gasteiger partial charge < -0.3 is 0 Å². The Balaban J connectivity index is 1.88. The van der Waals surface area contributed by atoms with Gasteiger partial charge in [-0.15, -0.1) is 0 Å². The first kappa shape index (κ1) is 4.38. The number of hydrogen-bond donors (Lipinski definition) is 0. The molecule has 0 aliphatic heterocycles. The Kier molecular flexibility index (Phi) is 1.30. The third-order valence-electron chi connectivity index (χ3n) is 1.39. The molecule has 1 saturated carbocycles. The Bertz CT molecular complexity index is 39.2. The van der Waals surface area contributed by atoms with Gasteiger partial charge in [0.15, 0.2) is 0 Å². The van der Waals surface area contributed by atoms with Crippen LogP contribution in [-0.4, -0.2) is 9.52 Å². The maximum Gasteiger partial charge on any atom is 0.0169 e. The first-order chi connectivity index (χ1) is 2.93. The van der Waals surface area contributed by atoms with Gasteiger partial charge in [0.25, 0.3) is 0 Å². The molecule has 0 unspecified atom stereocenters. The SMILES string of the molecule is C[SiH2]CC1CC1. The minimum absolute atomic E-state index is 0.429. The highest BCUT2D eigenvalue weighted by Gasteiger charge is 2.18. The van der Waals surface area contributed by atoms with Crippen LogP contribution in [0, 0.1) is 5.92 Å². The molecule has 0 N–H and O–H groups in total. The fourth-order valence-electron chi connectivity index (χ4n) is 0.815. The second-order valence-electron chi connectivity index (χ2n) is 2.23. The molecule has 0 radical (unpaired) electrons. The molecular formula is C5H12Si. The Hall–Kier alpha value is 0.217. The van der Waals surface area contributed by atoms with Crippen molar-refractivity contribution < 1.29 is 0 Å². The average Bonchev–Trinajstić information content (AvgIpc) is 2.21. The smallest absolute Gasteiger partial charge is 0.0169 e. The van der Waals surface area contributed by atoms with Crippen LogP contribution in [0.5, 0.6) is 0 Å². The molecule has 0 aromatic heterocycles. The summed E-state index contributed by atoms with van der Waals surface area (Å²) >= 11 is 0. The third kappa shape index (κ3) is 1.13. The quantitative estimate of drug-likeness (QED) is 0.455. The van der Waals surface area contributed by atoms with Crippen molar-refractivity contribution in [1.29, 1.82) is 0 Å². The maximum atomic E-state index is 2.40. The van der Waals surface area contributed by atoms with Gasteiger partial charge in [0.05, 0.1) is 0 Å². The largest absolute Gasteiger partial charge is 0.0748 e. The summed E-state index contributed by atoms with van der Waals surface area (Å²) in [5.74, 6) is 1.21. The van der Waals surface area contributed by atoms with Crippen molar-refractivity contribution in [2.24, 2.45) is 5.92 Å². The van der Waals surface area contributed by atoms with Crippen LogP contribution in [0.3, 0.4) is 0 Å². The van der Waals surface area contributed by atoms with Crippen LogP contribution in [0.2, 0.25) is 12.6 Å². The fraction of sp³-hybridized carbons (Fsp3) is 1.00. The number of rotatable bonds is 2. The predicted octanol–water partition coefficient (Wildman–Crippen LogP) is 1.03. The van der Waals surface area contributed by atoms with Crippen molar-refractivity contribution in [2.75, 3.05) is 0 Å². The third-order valence-corrected chi connectivity index (χ3v) is 2.79. The standard InChI is InChI=1S/C5H12Si/c1-6-4-5-2-3-5/h5H,2-4,6H2,1H3. The molecule has 0 amide bonds. The van der Waals surface area contributed by atoms with Gasteiger partial charge in [0.1, 0.15) is 0 Å². The molecular weight excluding hydrogens is 88.1 g/mol. The second kappa shape index (κ2) is 1.78. The summed E-state index contributed by atoms with van der Waals surface area (Å²) in [5, 5.41) is 0. The molecule has 36 valence electrons. The van der Waals surface area contributed by atoms with E-state index in [1.165, 1.54) is 5.92 Å². The molecule has 0 aromatic rings. The average molecular weight is 100 g/mol. The van der Waals surface area contributed by atoms with E-state index in [0.29, 0.717) is 9.52 Å². The molecule has 0 saturated heterocycles. The van der Waals surface area contributed by atoms with Gasteiger partial charge in [-0.1, -0.05) is 25.4 Å². The molecule has 6 heavy (non-hydrogen) atoms. The summed E-state index contributed by atoms with van der Waals surface area (Å²) in [5.41, 5.74) is 0. The van der Waals surface area contributed by atoms with Crippen LogP contribution in [0.25, 0.3) is 0 Å². The van der Waals surface area contributed by atoms with E-state index in [2.05, 4.69) is 6.55 Å². The van der Waals surface area contributed by atoms with Crippen LogP contribution >= 0.6 is 0 Å². The zero-order valence-electron chi connectivity index (χ0n) is 4.41. The summed E-state index contributed by atoms with van der Waals surface area (Å²) < 4.78 is 0. The zero-order valence-corrected chi connectivity index (χ0v) is 5.82. The Labute approximate surface area is 41.8 Å².